The van der Waals surface area contributed by atoms with Crippen LogP contribution in [0.3, 0.4) is 0 Å². The van der Waals surface area contributed by atoms with Crippen molar-refractivity contribution in [3.63, 3.8) is 0 Å². The zero-order valence-corrected chi connectivity index (χ0v) is 16.4. The largest absolute Gasteiger partial charge is 0.224 e. The van der Waals surface area contributed by atoms with Crippen LogP contribution < -0.4 is 0 Å². The van der Waals surface area contributed by atoms with Gasteiger partial charge in [-0.15, -0.1) is 0 Å². The first-order valence-electron chi connectivity index (χ1n) is 8.53. The van der Waals surface area contributed by atoms with Crippen LogP contribution in [0.2, 0.25) is 5.02 Å². The second-order valence-corrected chi connectivity index (χ2v) is 10.1. The van der Waals surface area contributed by atoms with E-state index in [1.165, 1.54) is 16.7 Å². The Morgan fingerprint density at radius 3 is 1.76 bits per heavy atom. The number of benzene rings is 2. The second kappa shape index (κ2) is 6.62. The smallest absolute Gasteiger partial charge is 0.178 e. The quantitative estimate of drug-likeness (QED) is 0.671. The third kappa shape index (κ3) is 3.83. The third-order valence-electron chi connectivity index (χ3n) is 4.81. The molecule has 0 saturated heterocycles. The van der Waals surface area contributed by atoms with Gasteiger partial charge >= 0.3 is 0 Å². The number of allylic oxidation sites excluding steroid dienone is 2. The average molecular weight is 375 g/mol. The van der Waals surface area contributed by atoms with Gasteiger partial charge in [0, 0.05) is 5.02 Å². The highest BCUT2D eigenvalue weighted by atomic mass is 35.5. The molecular weight excluding hydrogens is 352 g/mol. The van der Waals surface area contributed by atoms with Crippen molar-refractivity contribution in [1.82, 2.24) is 0 Å². The lowest BCUT2D eigenvalue weighted by Gasteiger charge is -2.17. The van der Waals surface area contributed by atoms with Gasteiger partial charge in [-0.1, -0.05) is 56.6 Å². The van der Waals surface area contributed by atoms with E-state index in [9.17, 15) is 8.42 Å². The molecule has 0 atom stereocenters. The summed E-state index contributed by atoms with van der Waals surface area (Å²) in [6, 6.07) is 15.3. The van der Waals surface area contributed by atoms with Crippen molar-refractivity contribution in [1.29, 1.82) is 0 Å². The molecule has 132 valence electrons. The fourth-order valence-electron chi connectivity index (χ4n) is 3.47. The minimum atomic E-state index is -3.16. The maximum atomic E-state index is 12.0. The fraction of sp³-hybridized carbons (Fsp3) is 0.333. The molecule has 0 spiro atoms. The van der Waals surface area contributed by atoms with Crippen LogP contribution in [0.15, 0.2) is 53.4 Å². The monoisotopic (exact) mass is 374 g/mol. The van der Waals surface area contributed by atoms with Gasteiger partial charge in [-0.2, -0.15) is 0 Å². The van der Waals surface area contributed by atoms with E-state index in [-0.39, 0.29) is 11.2 Å². The Morgan fingerprint density at radius 2 is 1.32 bits per heavy atom. The van der Waals surface area contributed by atoms with Crippen LogP contribution >= 0.6 is 11.6 Å². The van der Waals surface area contributed by atoms with Gasteiger partial charge in [0.05, 0.1) is 10.6 Å². The molecule has 1 aliphatic carbocycles. The summed E-state index contributed by atoms with van der Waals surface area (Å²) in [5, 5.41) is 0.734. The third-order valence-corrected chi connectivity index (χ3v) is 6.81. The van der Waals surface area contributed by atoms with E-state index in [2.05, 4.69) is 26.0 Å². The number of hydrogen-bond donors (Lipinski definition) is 0. The molecule has 0 heterocycles. The standard InChI is InChI=1S/C21H23ClO2S/c1-4-25(23,24)18-11-7-16(8-12-18)20-14-21(2,3)13-19(20)15-5-9-17(22)10-6-15/h5-12H,4,13-14H2,1-3H3. The van der Waals surface area contributed by atoms with Crippen molar-refractivity contribution in [2.24, 2.45) is 5.41 Å². The summed E-state index contributed by atoms with van der Waals surface area (Å²) >= 11 is 6.03. The molecule has 2 aromatic rings. The molecule has 0 radical (unpaired) electrons. The zero-order valence-electron chi connectivity index (χ0n) is 14.8. The summed E-state index contributed by atoms with van der Waals surface area (Å²) in [4.78, 5) is 0.393. The first kappa shape index (κ1) is 18.2. The van der Waals surface area contributed by atoms with E-state index in [0.717, 1.165) is 23.4 Å². The second-order valence-electron chi connectivity index (χ2n) is 7.41. The predicted octanol–water partition coefficient (Wildman–Crippen LogP) is 5.86. The van der Waals surface area contributed by atoms with Crippen molar-refractivity contribution in [2.45, 2.75) is 38.5 Å². The Hall–Kier alpha value is -1.58. The molecule has 0 saturated carbocycles. The van der Waals surface area contributed by atoms with Crippen LogP contribution in [0.1, 0.15) is 44.7 Å². The molecule has 0 bridgehead atoms. The van der Waals surface area contributed by atoms with Gasteiger partial charge < -0.3 is 0 Å². The number of sulfone groups is 1. The summed E-state index contributed by atoms with van der Waals surface area (Å²) in [7, 11) is -3.16. The molecule has 25 heavy (non-hydrogen) atoms. The van der Waals surface area contributed by atoms with Crippen molar-refractivity contribution < 1.29 is 8.42 Å². The maximum absolute atomic E-state index is 12.0. The predicted molar refractivity (Wildman–Crippen MR) is 105 cm³/mol. The van der Waals surface area contributed by atoms with Crippen LogP contribution in [0.25, 0.3) is 11.1 Å². The molecule has 3 rings (SSSR count). The van der Waals surface area contributed by atoms with Gasteiger partial charge in [-0.05, 0) is 64.8 Å². The minimum absolute atomic E-state index is 0.123. The minimum Gasteiger partial charge on any atom is -0.224 e. The Balaban J connectivity index is 2.05. The van der Waals surface area contributed by atoms with Crippen LogP contribution in [0.5, 0.6) is 0 Å². The van der Waals surface area contributed by atoms with E-state index in [0.29, 0.717) is 4.90 Å². The molecule has 0 N–H and O–H groups in total. The van der Waals surface area contributed by atoms with Gasteiger partial charge in [-0.25, -0.2) is 8.42 Å². The van der Waals surface area contributed by atoms with Gasteiger partial charge in [0.15, 0.2) is 9.84 Å². The molecular formula is C21H23ClO2S. The van der Waals surface area contributed by atoms with Gasteiger partial charge in [0.2, 0.25) is 0 Å². The highest BCUT2D eigenvalue weighted by molar-refractivity contribution is 7.91. The summed E-state index contributed by atoms with van der Waals surface area (Å²) in [6.45, 7) is 6.21. The number of halogens is 1. The lowest BCUT2D eigenvalue weighted by atomic mass is 9.87. The van der Waals surface area contributed by atoms with E-state index in [4.69, 9.17) is 11.6 Å². The molecule has 4 heteroatoms. The van der Waals surface area contributed by atoms with E-state index < -0.39 is 9.84 Å². The van der Waals surface area contributed by atoms with Crippen molar-refractivity contribution >= 4 is 32.6 Å². The van der Waals surface area contributed by atoms with Gasteiger partial charge in [-0.3, -0.25) is 0 Å². The van der Waals surface area contributed by atoms with Crippen LogP contribution in [0.4, 0.5) is 0 Å². The topological polar surface area (TPSA) is 34.1 Å². The Morgan fingerprint density at radius 1 is 0.880 bits per heavy atom. The van der Waals surface area contributed by atoms with Gasteiger partial charge in [0.1, 0.15) is 0 Å². The summed E-state index contributed by atoms with van der Waals surface area (Å²) in [5.41, 5.74) is 5.11. The summed E-state index contributed by atoms with van der Waals surface area (Å²) in [6.07, 6.45) is 1.98. The Labute approximate surface area is 155 Å². The zero-order chi connectivity index (χ0) is 18.2. The Bertz CT molecular complexity index is 905. The van der Waals surface area contributed by atoms with Crippen molar-refractivity contribution in [3.8, 4) is 0 Å². The number of rotatable bonds is 4. The first-order chi connectivity index (χ1) is 11.7. The molecule has 2 aromatic carbocycles. The lowest BCUT2D eigenvalue weighted by Crippen LogP contribution is -2.05. The van der Waals surface area contributed by atoms with E-state index in [1.54, 1.807) is 19.1 Å². The lowest BCUT2D eigenvalue weighted by molar-refractivity contribution is 0.406. The fourth-order valence-corrected chi connectivity index (χ4v) is 4.48. The van der Waals surface area contributed by atoms with E-state index in [1.807, 2.05) is 24.3 Å². The molecule has 0 aromatic heterocycles. The van der Waals surface area contributed by atoms with Crippen LogP contribution in [0, 0.1) is 5.41 Å². The highest BCUT2D eigenvalue weighted by Crippen LogP contribution is 2.49. The first-order valence-corrected chi connectivity index (χ1v) is 10.6. The maximum Gasteiger partial charge on any atom is 0.178 e. The van der Waals surface area contributed by atoms with Crippen molar-refractivity contribution in [3.05, 3.63) is 64.7 Å². The normalized spacial score (nSPS) is 17.1. The summed E-state index contributed by atoms with van der Waals surface area (Å²) < 4.78 is 24.1. The molecule has 0 amide bonds. The molecule has 0 fully saturated rings. The van der Waals surface area contributed by atoms with Crippen molar-refractivity contribution in [2.75, 3.05) is 5.75 Å². The van der Waals surface area contributed by atoms with Gasteiger partial charge in [0.25, 0.3) is 0 Å². The average Bonchev–Trinajstić information content (AvgIpc) is 2.91. The molecule has 0 unspecified atom stereocenters. The van der Waals surface area contributed by atoms with Crippen LogP contribution in [-0.4, -0.2) is 14.2 Å². The molecule has 1 aliphatic rings. The van der Waals surface area contributed by atoms with Crippen LogP contribution in [-0.2, 0) is 9.84 Å². The van der Waals surface area contributed by atoms with E-state index >= 15 is 0 Å². The molecule has 2 nitrogen and oxygen atoms in total. The SMILES string of the molecule is CCS(=O)(=O)c1ccc(C2=C(c3ccc(Cl)cc3)CC(C)(C)C2)cc1. The molecule has 0 aliphatic heterocycles. The summed E-state index contributed by atoms with van der Waals surface area (Å²) in [5.74, 6) is 0.123. The highest BCUT2D eigenvalue weighted by Gasteiger charge is 2.31. The number of hydrogen-bond acceptors (Lipinski definition) is 2. The Kier molecular flexibility index (Phi) is 4.82.